The second-order valence-corrected chi connectivity index (χ2v) is 2.66. The molecule has 3 heteroatoms. The van der Waals surface area contributed by atoms with Gasteiger partial charge in [-0.2, -0.15) is 0 Å². The van der Waals surface area contributed by atoms with Crippen LogP contribution in [0.4, 0.5) is 0 Å². The largest absolute Gasteiger partial charge is 0.262 e. The fourth-order valence-electron chi connectivity index (χ4n) is 0.944. The molecule has 0 unspecified atom stereocenters. The Morgan fingerprint density at radius 1 is 1.27 bits per heavy atom. The van der Waals surface area contributed by atoms with Gasteiger partial charge < -0.3 is 0 Å². The molecule has 2 aromatic heterocycles. The van der Waals surface area contributed by atoms with Crippen molar-refractivity contribution in [2.75, 3.05) is 0 Å². The Kier molecular flexibility index (Phi) is 1.47. The van der Waals surface area contributed by atoms with E-state index in [1.54, 1.807) is 18.6 Å². The number of hydrogen-bond acceptors (Lipinski definition) is 2. The summed E-state index contributed by atoms with van der Waals surface area (Å²) >= 11 is 5.74. The minimum Gasteiger partial charge on any atom is -0.262 e. The lowest BCUT2D eigenvalue weighted by molar-refractivity contribution is 1.31. The van der Waals surface area contributed by atoms with E-state index in [1.807, 2.05) is 12.1 Å². The molecule has 0 atom stereocenters. The Morgan fingerprint density at radius 3 is 3.09 bits per heavy atom. The Morgan fingerprint density at radius 2 is 2.18 bits per heavy atom. The van der Waals surface area contributed by atoms with Gasteiger partial charge in [0, 0.05) is 17.8 Å². The van der Waals surface area contributed by atoms with E-state index in [2.05, 4.69) is 9.97 Å². The molecular weight excluding hydrogens is 160 g/mol. The summed E-state index contributed by atoms with van der Waals surface area (Å²) in [5.74, 6) is 0. The van der Waals surface area contributed by atoms with E-state index in [-0.39, 0.29) is 0 Å². The molecule has 0 aromatic carbocycles. The van der Waals surface area contributed by atoms with Crippen LogP contribution >= 0.6 is 11.6 Å². The third-order valence-electron chi connectivity index (χ3n) is 1.45. The Bertz CT molecular complexity index is 387. The molecule has 11 heavy (non-hydrogen) atoms. The topological polar surface area (TPSA) is 25.8 Å². The van der Waals surface area contributed by atoms with Gasteiger partial charge in [-0.25, -0.2) is 0 Å². The van der Waals surface area contributed by atoms with E-state index in [0.29, 0.717) is 5.02 Å². The number of nitrogens with zero attached hydrogens (tertiary/aromatic N) is 2. The zero-order valence-corrected chi connectivity index (χ0v) is 6.42. The quantitative estimate of drug-likeness (QED) is 0.597. The number of aromatic nitrogens is 2. The number of halogens is 1. The summed E-state index contributed by atoms with van der Waals surface area (Å²) in [5, 5.41) is 1.68. The summed E-state index contributed by atoms with van der Waals surface area (Å²) in [6.45, 7) is 0. The molecule has 0 bridgehead atoms. The lowest BCUT2D eigenvalue weighted by Crippen LogP contribution is -1.78. The van der Waals surface area contributed by atoms with Gasteiger partial charge in [0.05, 0.1) is 16.7 Å². The highest BCUT2D eigenvalue weighted by molar-refractivity contribution is 6.31. The molecule has 0 N–H and O–H groups in total. The molecule has 0 radical (unpaired) electrons. The molecule has 0 saturated carbocycles. The van der Waals surface area contributed by atoms with Crippen molar-refractivity contribution in [3.8, 4) is 0 Å². The summed E-state index contributed by atoms with van der Waals surface area (Å²) < 4.78 is 0. The van der Waals surface area contributed by atoms with Crippen LogP contribution in [0.3, 0.4) is 0 Å². The van der Waals surface area contributed by atoms with Crippen molar-refractivity contribution in [1.82, 2.24) is 9.97 Å². The number of pyridine rings is 2. The SMILES string of the molecule is Clc1cnc2cnccc2c1. The molecule has 0 aliphatic heterocycles. The molecule has 54 valence electrons. The van der Waals surface area contributed by atoms with E-state index in [1.165, 1.54) is 0 Å². The molecule has 2 nitrogen and oxygen atoms in total. The van der Waals surface area contributed by atoms with Crippen LogP contribution in [0.25, 0.3) is 10.9 Å². The second kappa shape index (κ2) is 2.47. The van der Waals surface area contributed by atoms with E-state index < -0.39 is 0 Å². The summed E-state index contributed by atoms with van der Waals surface area (Å²) in [7, 11) is 0. The highest BCUT2D eigenvalue weighted by Crippen LogP contribution is 2.14. The summed E-state index contributed by atoms with van der Waals surface area (Å²) in [5.41, 5.74) is 0.872. The van der Waals surface area contributed by atoms with Gasteiger partial charge in [-0.15, -0.1) is 0 Å². The lowest BCUT2D eigenvalue weighted by atomic mass is 10.3. The molecule has 2 aromatic rings. The molecule has 0 aliphatic rings. The van der Waals surface area contributed by atoms with Crippen LogP contribution in [-0.4, -0.2) is 9.97 Å². The van der Waals surface area contributed by atoms with E-state index in [9.17, 15) is 0 Å². The summed E-state index contributed by atoms with van der Waals surface area (Å²) in [4.78, 5) is 8.02. The van der Waals surface area contributed by atoms with Gasteiger partial charge in [0.15, 0.2) is 0 Å². The first kappa shape index (κ1) is 6.55. The van der Waals surface area contributed by atoms with Gasteiger partial charge in [-0.1, -0.05) is 11.6 Å². The highest BCUT2D eigenvalue weighted by Gasteiger charge is 1.93. The average Bonchev–Trinajstić information content (AvgIpc) is 2.04. The van der Waals surface area contributed by atoms with Crippen molar-refractivity contribution in [1.29, 1.82) is 0 Å². The molecule has 0 aliphatic carbocycles. The maximum atomic E-state index is 5.74. The fourth-order valence-corrected chi connectivity index (χ4v) is 1.11. The van der Waals surface area contributed by atoms with Crippen molar-refractivity contribution < 1.29 is 0 Å². The van der Waals surface area contributed by atoms with Crippen molar-refractivity contribution in [3.63, 3.8) is 0 Å². The number of fused-ring (bicyclic) bond motifs is 1. The van der Waals surface area contributed by atoms with Crippen LogP contribution in [0.2, 0.25) is 5.02 Å². The molecule has 2 heterocycles. The van der Waals surface area contributed by atoms with Crippen LogP contribution in [0, 0.1) is 0 Å². The van der Waals surface area contributed by atoms with Crippen LogP contribution in [0.5, 0.6) is 0 Å². The Balaban J connectivity index is 2.83. The minimum atomic E-state index is 0.656. The van der Waals surface area contributed by atoms with Crippen molar-refractivity contribution >= 4 is 22.5 Å². The smallest absolute Gasteiger partial charge is 0.0886 e. The predicted octanol–water partition coefficient (Wildman–Crippen LogP) is 2.28. The van der Waals surface area contributed by atoms with Crippen molar-refractivity contribution in [3.05, 3.63) is 35.7 Å². The van der Waals surface area contributed by atoms with E-state index >= 15 is 0 Å². The predicted molar refractivity (Wildman–Crippen MR) is 44.5 cm³/mol. The Hall–Kier alpha value is -1.15. The fraction of sp³-hybridized carbons (Fsp3) is 0. The minimum absolute atomic E-state index is 0.656. The van der Waals surface area contributed by atoms with Gasteiger partial charge in [-0.05, 0) is 12.1 Å². The third-order valence-corrected chi connectivity index (χ3v) is 1.66. The van der Waals surface area contributed by atoms with Crippen LogP contribution in [-0.2, 0) is 0 Å². The number of rotatable bonds is 0. The first-order chi connectivity index (χ1) is 5.36. The maximum absolute atomic E-state index is 5.74. The average molecular weight is 165 g/mol. The maximum Gasteiger partial charge on any atom is 0.0886 e. The third kappa shape index (κ3) is 1.17. The first-order valence-electron chi connectivity index (χ1n) is 3.21. The first-order valence-corrected chi connectivity index (χ1v) is 3.59. The molecule has 0 fully saturated rings. The van der Waals surface area contributed by atoms with Gasteiger partial charge in [-0.3, -0.25) is 9.97 Å². The highest BCUT2D eigenvalue weighted by atomic mass is 35.5. The second-order valence-electron chi connectivity index (χ2n) is 2.22. The zero-order valence-electron chi connectivity index (χ0n) is 5.66. The van der Waals surface area contributed by atoms with Crippen molar-refractivity contribution in [2.24, 2.45) is 0 Å². The van der Waals surface area contributed by atoms with Gasteiger partial charge in [0.2, 0.25) is 0 Å². The van der Waals surface area contributed by atoms with Gasteiger partial charge >= 0.3 is 0 Å². The number of hydrogen-bond donors (Lipinski definition) is 0. The van der Waals surface area contributed by atoms with Crippen LogP contribution < -0.4 is 0 Å². The summed E-state index contributed by atoms with van der Waals surface area (Å²) in [6.07, 6.45) is 5.05. The molecular formula is C8H5ClN2. The Labute approximate surface area is 68.9 Å². The van der Waals surface area contributed by atoms with Crippen LogP contribution in [0.15, 0.2) is 30.7 Å². The zero-order chi connectivity index (χ0) is 7.68. The lowest BCUT2D eigenvalue weighted by Gasteiger charge is -1.94. The monoisotopic (exact) mass is 164 g/mol. The van der Waals surface area contributed by atoms with E-state index in [4.69, 9.17) is 11.6 Å². The molecule has 0 spiro atoms. The standard InChI is InChI=1S/C8H5ClN2/c9-7-3-6-1-2-10-5-8(6)11-4-7/h1-5H. The normalized spacial score (nSPS) is 10.3. The molecule has 2 rings (SSSR count). The van der Waals surface area contributed by atoms with E-state index in [0.717, 1.165) is 10.9 Å². The van der Waals surface area contributed by atoms with Gasteiger partial charge in [0.25, 0.3) is 0 Å². The summed E-state index contributed by atoms with van der Waals surface area (Å²) in [6, 6.07) is 3.75. The van der Waals surface area contributed by atoms with Crippen LogP contribution in [0.1, 0.15) is 0 Å². The van der Waals surface area contributed by atoms with Crippen molar-refractivity contribution in [2.45, 2.75) is 0 Å². The van der Waals surface area contributed by atoms with Gasteiger partial charge in [0.1, 0.15) is 0 Å². The molecule has 0 amide bonds. The molecule has 0 saturated heterocycles.